The van der Waals surface area contributed by atoms with Gasteiger partial charge in [0, 0.05) is 21.5 Å². The van der Waals surface area contributed by atoms with E-state index in [2.05, 4.69) is 19.9 Å². The van der Waals surface area contributed by atoms with E-state index in [4.69, 9.17) is 22.3 Å². The van der Waals surface area contributed by atoms with E-state index in [1.165, 1.54) is 10.6 Å². The zero-order valence-electron chi connectivity index (χ0n) is 12.0. The van der Waals surface area contributed by atoms with Crippen LogP contribution < -0.4 is 5.73 Å². The third-order valence-corrected chi connectivity index (χ3v) is 5.59. The van der Waals surface area contributed by atoms with Gasteiger partial charge in [0.05, 0.1) is 5.69 Å². The molecule has 1 aliphatic rings. The van der Waals surface area contributed by atoms with E-state index in [9.17, 15) is 0 Å². The highest BCUT2D eigenvalue weighted by molar-refractivity contribution is 7.15. The van der Waals surface area contributed by atoms with E-state index in [1.807, 2.05) is 19.1 Å². The van der Waals surface area contributed by atoms with Gasteiger partial charge in [-0.25, -0.2) is 4.98 Å². The average Bonchev–Trinajstić information content (AvgIpc) is 2.75. The van der Waals surface area contributed by atoms with Crippen LogP contribution in [0.3, 0.4) is 0 Å². The Morgan fingerprint density at radius 3 is 2.85 bits per heavy atom. The molecular weight excluding hydrogens is 288 g/mol. The molecule has 1 aromatic heterocycles. The van der Waals surface area contributed by atoms with Crippen LogP contribution in [0.15, 0.2) is 18.2 Å². The highest BCUT2D eigenvalue weighted by Crippen LogP contribution is 2.43. The number of halogens is 1. The Labute approximate surface area is 129 Å². The molecule has 0 fully saturated rings. The molecule has 0 aliphatic heterocycles. The van der Waals surface area contributed by atoms with Crippen molar-refractivity contribution in [3.63, 3.8) is 0 Å². The van der Waals surface area contributed by atoms with Gasteiger partial charge in [0.25, 0.3) is 0 Å². The van der Waals surface area contributed by atoms with Crippen molar-refractivity contribution in [2.75, 3.05) is 0 Å². The lowest BCUT2D eigenvalue weighted by atomic mass is 9.77. The lowest BCUT2D eigenvalue weighted by molar-refractivity contribution is 0.282. The van der Waals surface area contributed by atoms with Gasteiger partial charge in [-0.3, -0.25) is 0 Å². The third-order valence-electron chi connectivity index (χ3n) is 3.90. The number of thiazole rings is 1. The molecule has 0 saturated heterocycles. The molecule has 2 nitrogen and oxygen atoms in total. The fraction of sp³-hybridized carbons (Fsp3) is 0.438. The summed E-state index contributed by atoms with van der Waals surface area (Å²) in [7, 11) is 0. The van der Waals surface area contributed by atoms with Crippen LogP contribution in [0.25, 0.3) is 10.6 Å². The molecule has 0 radical (unpaired) electrons. The Morgan fingerprint density at radius 1 is 1.40 bits per heavy atom. The number of fused-ring (bicyclic) bond motifs is 1. The molecule has 1 aliphatic carbocycles. The number of nitrogens with zero attached hydrogens (tertiary/aromatic N) is 1. The standard InChI is InChI=1S/C16H19ClN2S/c1-9-4-5-10(6-11(9)17)15-19-13-8-16(2,3)7-12(18)14(13)20-15/h4-6,12H,7-8,18H2,1-3H3. The van der Waals surface area contributed by atoms with E-state index in [-0.39, 0.29) is 11.5 Å². The normalized spacial score (nSPS) is 20.8. The molecule has 0 amide bonds. The summed E-state index contributed by atoms with van der Waals surface area (Å²) in [4.78, 5) is 6.06. The topological polar surface area (TPSA) is 38.9 Å². The number of rotatable bonds is 1. The summed E-state index contributed by atoms with van der Waals surface area (Å²) in [5.41, 5.74) is 9.90. The van der Waals surface area contributed by atoms with Crippen molar-refractivity contribution in [3.8, 4) is 10.6 Å². The second-order valence-corrected chi connectivity index (χ2v) is 7.88. The fourth-order valence-corrected chi connectivity index (χ4v) is 4.10. The van der Waals surface area contributed by atoms with E-state index in [0.29, 0.717) is 0 Å². The van der Waals surface area contributed by atoms with Crippen LogP contribution in [0.5, 0.6) is 0 Å². The minimum Gasteiger partial charge on any atom is -0.323 e. The zero-order chi connectivity index (χ0) is 14.5. The van der Waals surface area contributed by atoms with Gasteiger partial charge in [-0.2, -0.15) is 0 Å². The van der Waals surface area contributed by atoms with Crippen molar-refractivity contribution >= 4 is 22.9 Å². The van der Waals surface area contributed by atoms with E-state index in [0.717, 1.165) is 34.0 Å². The number of aromatic nitrogens is 1. The van der Waals surface area contributed by atoms with Gasteiger partial charge in [0.1, 0.15) is 5.01 Å². The summed E-state index contributed by atoms with van der Waals surface area (Å²) in [6, 6.07) is 6.24. The molecule has 1 unspecified atom stereocenters. The first kappa shape index (κ1) is 14.1. The summed E-state index contributed by atoms with van der Waals surface area (Å²) >= 11 is 7.93. The minimum atomic E-state index is 0.112. The van der Waals surface area contributed by atoms with Gasteiger partial charge in [0.2, 0.25) is 0 Å². The summed E-state index contributed by atoms with van der Waals surface area (Å²) in [5, 5.41) is 1.82. The smallest absolute Gasteiger partial charge is 0.123 e. The first-order valence-electron chi connectivity index (χ1n) is 6.87. The Bertz CT molecular complexity index is 660. The predicted octanol–water partition coefficient (Wildman–Crippen LogP) is 4.74. The number of hydrogen-bond donors (Lipinski definition) is 1. The van der Waals surface area contributed by atoms with Gasteiger partial charge in [-0.1, -0.05) is 37.6 Å². The molecule has 1 heterocycles. The highest BCUT2D eigenvalue weighted by atomic mass is 35.5. The molecule has 106 valence electrons. The summed E-state index contributed by atoms with van der Waals surface area (Å²) in [5.74, 6) is 0. The summed E-state index contributed by atoms with van der Waals surface area (Å²) in [6.45, 7) is 6.53. The van der Waals surface area contributed by atoms with Crippen LogP contribution >= 0.6 is 22.9 Å². The number of aryl methyl sites for hydroxylation is 1. The molecule has 1 aromatic carbocycles. The molecule has 20 heavy (non-hydrogen) atoms. The van der Waals surface area contributed by atoms with Crippen LogP contribution in [-0.4, -0.2) is 4.98 Å². The Hall–Kier alpha value is -0.900. The number of hydrogen-bond acceptors (Lipinski definition) is 3. The highest BCUT2D eigenvalue weighted by Gasteiger charge is 2.33. The lowest BCUT2D eigenvalue weighted by Crippen LogP contribution is -2.28. The molecule has 2 aromatic rings. The Morgan fingerprint density at radius 2 is 2.15 bits per heavy atom. The first-order valence-corrected chi connectivity index (χ1v) is 8.07. The van der Waals surface area contributed by atoms with Gasteiger partial charge in [0.15, 0.2) is 0 Å². The Balaban J connectivity index is 2.03. The maximum Gasteiger partial charge on any atom is 0.123 e. The molecule has 0 spiro atoms. The maximum atomic E-state index is 6.31. The van der Waals surface area contributed by atoms with Gasteiger partial charge >= 0.3 is 0 Å². The molecule has 4 heteroatoms. The van der Waals surface area contributed by atoms with Crippen molar-refractivity contribution in [2.45, 2.75) is 39.7 Å². The van der Waals surface area contributed by atoms with Gasteiger partial charge in [-0.15, -0.1) is 11.3 Å². The molecule has 0 saturated carbocycles. The summed E-state index contributed by atoms with van der Waals surface area (Å²) in [6.07, 6.45) is 2.03. The SMILES string of the molecule is Cc1ccc(-c2nc3c(s2)C(N)CC(C)(C)C3)cc1Cl. The Kier molecular flexibility index (Phi) is 3.39. The van der Waals surface area contributed by atoms with Crippen LogP contribution in [0.4, 0.5) is 0 Å². The minimum absolute atomic E-state index is 0.112. The molecular formula is C16H19ClN2S. The predicted molar refractivity (Wildman–Crippen MR) is 86.3 cm³/mol. The monoisotopic (exact) mass is 306 g/mol. The molecule has 0 bridgehead atoms. The second-order valence-electron chi connectivity index (χ2n) is 6.45. The van der Waals surface area contributed by atoms with Gasteiger partial charge < -0.3 is 5.73 Å². The number of benzene rings is 1. The van der Waals surface area contributed by atoms with E-state index in [1.54, 1.807) is 11.3 Å². The maximum absolute atomic E-state index is 6.31. The zero-order valence-corrected chi connectivity index (χ0v) is 13.6. The summed E-state index contributed by atoms with van der Waals surface area (Å²) < 4.78 is 0. The van der Waals surface area contributed by atoms with Crippen molar-refractivity contribution in [1.29, 1.82) is 0 Å². The molecule has 2 N–H and O–H groups in total. The van der Waals surface area contributed by atoms with Gasteiger partial charge in [-0.05, 0) is 36.8 Å². The molecule has 1 atom stereocenters. The van der Waals surface area contributed by atoms with Crippen molar-refractivity contribution in [1.82, 2.24) is 4.98 Å². The number of nitrogens with two attached hydrogens (primary N) is 1. The second kappa shape index (κ2) is 4.83. The van der Waals surface area contributed by atoms with Crippen molar-refractivity contribution in [3.05, 3.63) is 39.4 Å². The van der Waals surface area contributed by atoms with Crippen LogP contribution in [0.2, 0.25) is 5.02 Å². The van der Waals surface area contributed by atoms with Crippen LogP contribution in [0, 0.1) is 12.3 Å². The fourth-order valence-electron chi connectivity index (χ4n) is 2.84. The lowest BCUT2D eigenvalue weighted by Gasteiger charge is -2.32. The van der Waals surface area contributed by atoms with Crippen molar-refractivity contribution < 1.29 is 0 Å². The quantitative estimate of drug-likeness (QED) is 0.826. The van der Waals surface area contributed by atoms with E-state index >= 15 is 0 Å². The third kappa shape index (κ3) is 2.50. The van der Waals surface area contributed by atoms with E-state index < -0.39 is 0 Å². The van der Waals surface area contributed by atoms with Crippen molar-refractivity contribution in [2.24, 2.45) is 11.1 Å². The van der Waals surface area contributed by atoms with Crippen LogP contribution in [-0.2, 0) is 6.42 Å². The molecule has 3 rings (SSSR count). The largest absolute Gasteiger partial charge is 0.323 e. The first-order chi connectivity index (χ1) is 9.35. The average molecular weight is 307 g/mol. The van der Waals surface area contributed by atoms with Crippen LogP contribution in [0.1, 0.15) is 42.4 Å².